The van der Waals surface area contributed by atoms with Gasteiger partial charge in [-0.05, 0) is 25.8 Å². The molecule has 1 unspecified atom stereocenters. The topological polar surface area (TPSA) is 64.3 Å². The lowest BCUT2D eigenvalue weighted by Crippen LogP contribution is -2.46. The maximum atomic E-state index is 11.8. The maximum Gasteiger partial charge on any atom is 0.237 e. The van der Waals surface area contributed by atoms with Crippen molar-refractivity contribution < 1.29 is 9.53 Å². The highest BCUT2D eigenvalue weighted by Gasteiger charge is 2.15. The Morgan fingerprint density at radius 3 is 2.67 bits per heavy atom. The fraction of sp³-hybridized carbons (Fsp3) is 0.500. The van der Waals surface area contributed by atoms with Crippen LogP contribution in [0.1, 0.15) is 19.4 Å². The molecule has 0 aliphatic rings. The number of hydrogen-bond donors (Lipinski definition) is 2. The van der Waals surface area contributed by atoms with Gasteiger partial charge < -0.3 is 15.8 Å². The highest BCUT2D eigenvalue weighted by molar-refractivity contribution is 5.82. The Labute approximate surface area is 109 Å². The molecule has 0 saturated carbocycles. The van der Waals surface area contributed by atoms with Gasteiger partial charge in [-0.25, -0.2) is 0 Å². The smallest absolute Gasteiger partial charge is 0.237 e. The van der Waals surface area contributed by atoms with Crippen LogP contribution in [0.2, 0.25) is 0 Å². The molecule has 0 bridgehead atoms. The molecule has 0 aliphatic heterocycles. The van der Waals surface area contributed by atoms with E-state index in [4.69, 9.17) is 10.5 Å². The zero-order valence-corrected chi connectivity index (χ0v) is 11.1. The Kier molecular flexibility index (Phi) is 6.39. The third kappa shape index (κ3) is 5.29. The summed E-state index contributed by atoms with van der Waals surface area (Å²) in [7, 11) is 0. The Morgan fingerprint density at radius 2 is 2.06 bits per heavy atom. The lowest BCUT2D eigenvalue weighted by atomic mass is 10.1. The number of nitrogens with one attached hydrogen (secondary N) is 1. The average Bonchev–Trinajstić information content (AvgIpc) is 2.37. The third-order valence-corrected chi connectivity index (χ3v) is 2.60. The zero-order valence-electron chi connectivity index (χ0n) is 11.1. The summed E-state index contributed by atoms with van der Waals surface area (Å²) in [5.41, 5.74) is 6.94. The molecule has 2 atom stereocenters. The van der Waals surface area contributed by atoms with Crippen molar-refractivity contribution in [2.45, 2.75) is 32.4 Å². The summed E-state index contributed by atoms with van der Waals surface area (Å²) < 4.78 is 5.24. The van der Waals surface area contributed by atoms with Crippen LogP contribution in [0.25, 0.3) is 0 Å². The predicted molar refractivity (Wildman–Crippen MR) is 72.2 cm³/mol. The van der Waals surface area contributed by atoms with Gasteiger partial charge in [0.15, 0.2) is 0 Å². The van der Waals surface area contributed by atoms with E-state index in [0.717, 1.165) is 5.56 Å². The second kappa shape index (κ2) is 7.84. The van der Waals surface area contributed by atoms with Crippen molar-refractivity contribution in [2.24, 2.45) is 5.73 Å². The fourth-order valence-corrected chi connectivity index (χ4v) is 1.65. The van der Waals surface area contributed by atoms with Crippen molar-refractivity contribution >= 4 is 5.91 Å². The van der Waals surface area contributed by atoms with E-state index in [0.29, 0.717) is 19.6 Å². The van der Waals surface area contributed by atoms with Gasteiger partial charge in [-0.15, -0.1) is 0 Å². The van der Waals surface area contributed by atoms with Crippen LogP contribution >= 0.6 is 0 Å². The SMILES string of the molecule is CCOCC(C)NC(=O)[C@H](N)Cc1ccccc1. The van der Waals surface area contributed by atoms with Gasteiger partial charge in [0.25, 0.3) is 0 Å². The third-order valence-electron chi connectivity index (χ3n) is 2.60. The molecule has 0 fully saturated rings. The van der Waals surface area contributed by atoms with E-state index >= 15 is 0 Å². The summed E-state index contributed by atoms with van der Waals surface area (Å²) in [6.07, 6.45) is 0.550. The van der Waals surface area contributed by atoms with Gasteiger partial charge >= 0.3 is 0 Å². The van der Waals surface area contributed by atoms with Crippen LogP contribution in [-0.4, -0.2) is 31.2 Å². The molecule has 0 saturated heterocycles. The van der Waals surface area contributed by atoms with Crippen molar-refractivity contribution in [2.75, 3.05) is 13.2 Å². The van der Waals surface area contributed by atoms with Crippen LogP contribution in [0.15, 0.2) is 30.3 Å². The Hall–Kier alpha value is -1.39. The lowest BCUT2D eigenvalue weighted by molar-refractivity contribution is -0.123. The zero-order chi connectivity index (χ0) is 13.4. The highest BCUT2D eigenvalue weighted by Crippen LogP contribution is 2.02. The van der Waals surface area contributed by atoms with Gasteiger partial charge in [0, 0.05) is 12.6 Å². The van der Waals surface area contributed by atoms with Crippen LogP contribution < -0.4 is 11.1 Å². The molecule has 100 valence electrons. The van der Waals surface area contributed by atoms with Gasteiger partial charge in [-0.1, -0.05) is 30.3 Å². The number of rotatable bonds is 7. The summed E-state index contributed by atoms with van der Waals surface area (Å²) >= 11 is 0. The van der Waals surface area contributed by atoms with E-state index < -0.39 is 6.04 Å². The first-order valence-electron chi connectivity index (χ1n) is 6.31. The number of amides is 1. The van der Waals surface area contributed by atoms with Crippen molar-refractivity contribution in [3.8, 4) is 0 Å². The minimum Gasteiger partial charge on any atom is -0.380 e. The normalized spacial score (nSPS) is 13.9. The summed E-state index contributed by atoms with van der Waals surface area (Å²) in [4.78, 5) is 11.8. The van der Waals surface area contributed by atoms with E-state index in [1.165, 1.54) is 0 Å². The molecule has 1 rings (SSSR count). The van der Waals surface area contributed by atoms with Crippen LogP contribution in [0.4, 0.5) is 0 Å². The minimum absolute atomic E-state index is 0.0146. The number of nitrogens with two attached hydrogens (primary N) is 1. The molecular formula is C14H22N2O2. The Balaban J connectivity index is 2.37. The first kappa shape index (κ1) is 14.7. The lowest BCUT2D eigenvalue weighted by Gasteiger charge is -2.17. The maximum absolute atomic E-state index is 11.8. The Morgan fingerprint density at radius 1 is 1.39 bits per heavy atom. The highest BCUT2D eigenvalue weighted by atomic mass is 16.5. The van der Waals surface area contributed by atoms with Gasteiger partial charge in [-0.2, -0.15) is 0 Å². The van der Waals surface area contributed by atoms with Gasteiger partial charge in [-0.3, -0.25) is 4.79 Å². The van der Waals surface area contributed by atoms with Gasteiger partial charge in [0.1, 0.15) is 0 Å². The van der Waals surface area contributed by atoms with E-state index in [-0.39, 0.29) is 11.9 Å². The molecular weight excluding hydrogens is 228 g/mol. The van der Waals surface area contributed by atoms with Crippen LogP contribution in [-0.2, 0) is 16.0 Å². The molecule has 3 N–H and O–H groups in total. The first-order valence-corrected chi connectivity index (χ1v) is 6.31. The predicted octanol–water partition coefficient (Wildman–Crippen LogP) is 1.10. The Bertz CT molecular complexity index is 354. The van der Waals surface area contributed by atoms with Crippen LogP contribution in [0.3, 0.4) is 0 Å². The molecule has 18 heavy (non-hydrogen) atoms. The molecule has 0 heterocycles. The molecule has 4 nitrogen and oxygen atoms in total. The van der Waals surface area contributed by atoms with E-state index in [2.05, 4.69) is 5.32 Å². The number of carbonyl (C=O) groups excluding carboxylic acids is 1. The second-order valence-electron chi connectivity index (χ2n) is 4.37. The summed E-state index contributed by atoms with van der Waals surface area (Å²) in [6, 6.07) is 9.23. The van der Waals surface area contributed by atoms with Crippen LogP contribution in [0, 0.1) is 0 Å². The van der Waals surface area contributed by atoms with E-state index in [1.54, 1.807) is 0 Å². The van der Waals surface area contributed by atoms with Gasteiger partial charge in [0.2, 0.25) is 5.91 Å². The fourth-order valence-electron chi connectivity index (χ4n) is 1.65. The van der Waals surface area contributed by atoms with Crippen molar-refractivity contribution in [1.29, 1.82) is 0 Å². The van der Waals surface area contributed by atoms with E-state index in [1.807, 2.05) is 44.2 Å². The quantitative estimate of drug-likeness (QED) is 0.761. The number of ether oxygens (including phenoxy) is 1. The molecule has 0 spiro atoms. The van der Waals surface area contributed by atoms with Gasteiger partial charge in [0.05, 0.1) is 12.6 Å². The molecule has 4 heteroatoms. The summed E-state index contributed by atoms with van der Waals surface area (Å²) in [5.74, 6) is -0.133. The minimum atomic E-state index is -0.517. The van der Waals surface area contributed by atoms with Crippen molar-refractivity contribution in [1.82, 2.24) is 5.32 Å². The first-order chi connectivity index (χ1) is 8.63. The van der Waals surface area contributed by atoms with E-state index in [9.17, 15) is 4.79 Å². The van der Waals surface area contributed by atoms with Crippen molar-refractivity contribution in [3.63, 3.8) is 0 Å². The monoisotopic (exact) mass is 250 g/mol. The van der Waals surface area contributed by atoms with Crippen LogP contribution in [0.5, 0.6) is 0 Å². The molecule has 1 amide bonds. The number of benzene rings is 1. The standard InChI is InChI=1S/C14H22N2O2/c1-3-18-10-11(2)16-14(17)13(15)9-12-7-5-4-6-8-12/h4-8,11,13H,3,9-10,15H2,1-2H3,(H,16,17)/t11?,13-/m1/s1. The number of carbonyl (C=O) groups is 1. The largest absolute Gasteiger partial charge is 0.380 e. The molecule has 1 aromatic carbocycles. The molecule has 0 aliphatic carbocycles. The average molecular weight is 250 g/mol. The second-order valence-corrected chi connectivity index (χ2v) is 4.37. The number of hydrogen-bond acceptors (Lipinski definition) is 3. The molecule has 0 radical (unpaired) electrons. The molecule has 1 aromatic rings. The molecule has 0 aromatic heterocycles. The summed E-state index contributed by atoms with van der Waals surface area (Å²) in [5, 5.41) is 2.85. The van der Waals surface area contributed by atoms with Crippen molar-refractivity contribution in [3.05, 3.63) is 35.9 Å². The summed E-state index contributed by atoms with van der Waals surface area (Å²) in [6.45, 7) is 5.00.